The number of ether oxygens (including phenoxy) is 1. The van der Waals surface area contributed by atoms with Gasteiger partial charge in [0.2, 0.25) is 0 Å². The molecule has 3 N–H and O–H groups in total. The third-order valence-corrected chi connectivity index (χ3v) is 5.53. The van der Waals surface area contributed by atoms with Gasteiger partial charge < -0.3 is 20.5 Å². The van der Waals surface area contributed by atoms with Gasteiger partial charge in [-0.05, 0) is 37.3 Å². The van der Waals surface area contributed by atoms with Gasteiger partial charge >= 0.3 is 5.97 Å². The molecule has 2 aromatic rings. The van der Waals surface area contributed by atoms with Crippen LogP contribution in [0, 0.1) is 5.82 Å². The number of Topliss-reactive ketones (excluding diaryl/α,β-unsaturated/α-hetero) is 1. The smallest absolute Gasteiger partial charge is 0.308 e. The minimum atomic E-state index is -1.12. The second-order valence-electron chi connectivity index (χ2n) is 6.18. The zero-order chi connectivity index (χ0) is 19.6. The van der Waals surface area contributed by atoms with Crippen molar-refractivity contribution in [1.29, 1.82) is 0 Å². The number of carboxylic acid groups (broad SMARTS) is 1. The number of ketones is 1. The summed E-state index contributed by atoms with van der Waals surface area (Å²) in [6.45, 7) is 1.48. The summed E-state index contributed by atoms with van der Waals surface area (Å²) in [5, 5.41) is 15.4. The van der Waals surface area contributed by atoms with Gasteiger partial charge in [0.1, 0.15) is 11.6 Å². The Morgan fingerprint density at radius 1 is 1.26 bits per heavy atom. The Kier molecular flexibility index (Phi) is 5.27. The molecule has 0 saturated carbocycles. The molecule has 0 amide bonds. The fourth-order valence-corrected chi connectivity index (χ4v) is 4.15. The first-order valence-corrected chi connectivity index (χ1v) is 9.20. The molecule has 6 nitrogen and oxygen atoms in total. The first kappa shape index (κ1) is 19.0. The van der Waals surface area contributed by atoms with Gasteiger partial charge in [-0.1, -0.05) is 6.07 Å². The maximum atomic E-state index is 14.1. The molecule has 27 heavy (non-hydrogen) atoms. The van der Waals surface area contributed by atoms with Crippen LogP contribution in [0.5, 0.6) is 5.75 Å². The molecule has 8 heteroatoms. The van der Waals surface area contributed by atoms with E-state index in [1.54, 1.807) is 30.3 Å². The van der Waals surface area contributed by atoms with Crippen LogP contribution in [0.15, 0.2) is 36.4 Å². The molecule has 0 aromatic heterocycles. The van der Waals surface area contributed by atoms with E-state index in [0.717, 1.165) is 5.56 Å². The van der Waals surface area contributed by atoms with Crippen LogP contribution < -0.4 is 15.4 Å². The third-order valence-electron chi connectivity index (χ3n) is 4.24. The van der Waals surface area contributed by atoms with Crippen LogP contribution in [0.3, 0.4) is 0 Å². The number of thioether (sulfide) groups is 1. The van der Waals surface area contributed by atoms with Gasteiger partial charge in [0, 0.05) is 16.9 Å². The topological polar surface area (TPSA) is 87.7 Å². The second kappa shape index (κ2) is 7.48. The highest BCUT2D eigenvalue weighted by molar-refractivity contribution is 8.00. The van der Waals surface area contributed by atoms with Crippen molar-refractivity contribution >= 4 is 34.9 Å². The first-order chi connectivity index (χ1) is 12.8. The SMILES string of the molecule is COc1ccc(C(C)=O)cc1CSC1(CC(=O)O)Nc2cccc(F)c2N1. The van der Waals surface area contributed by atoms with Crippen LogP contribution in [0.25, 0.3) is 0 Å². The van der Waals surface area contributed by atoms with Gasteiger partial charge in [-0.2, -0.15) is 0 Å². The maximum absolute atomic E-state index is 14.1. The van der Waals surface area contributed by atoms with Crippen molar-refractivity contribution in [2.75, 3.05) is 17.7 Å². The number of halogens is 1. The molecule has 0 spiro atoms. The lowest BCUT2D eigenvalue weighted by atomic mass is 10.1. The fraction of sp³-hybridized carbons (Fsp3) is 0.263. The largest absolute Gasteiger partial charge is 0.496 e. The van der Waals surface area contributed by atoms with Crippen molar-refractivity contribution < 1.29 is 23.8 Å². The molecule has 0 bridgehead atoms. The number of fused-ring (bicyclic) bond motifs is 1. The minimum Gasteiger partial charge on any atom is -0.496 e. The Morgan fingerprint density at radius 2 is 2.04 bits per heavy atom. The number of carbonyl (C=O) groups excluding carboxylic acids is 1. The molecule has 1 atom stereocenters. The minimum absolute atomic E-state index is 0.0734. The van der Waals surface area contributed by atoms with Crippen LogP contribution in [-0.2, 0) is 10.5 Å². The number of para-hydroxylation sites is 1. The highest BCUT2D eigenvalue weighted by atomic mass is 32.2. The van der Waals surface area contributed by atoms with E-state index in [2.05, 4.69) is 10.6 Å². The van der Waals surface area contributed by atoms with E-state index in [0.29, 0.717) is 22.8 Å². The molecule has 1 unspecified atom stereocenters. The Morgan fingerprint density at radius 3 is 2.67 bits per heavy atom. The highest BCUT2D eigenvalue weighted by Crippen LogP contribution is 2.44. The molecule has 1 aliphatic heterocycles. The van der Waals surface area contributed by atoms with E-state index in [9.17, 15) is 19.1 Å². The zero-order valence-electron chi connectivity index (χ0n) is 14.8. The average molecular weight is 390 g/mol. The van der Waals surface area contributed by atoms with Crippen molar-refractivity contribution in [2.24, 2.45) is 0 Å². The van der Waals surface area contributed by atoms with Gasteiger partial charge in [0.15, 0.2) is 10.8 Å². The summed E-state index contributed by atoms with van der Waals surface area (Å²) in [5.74, 6) is -0.604. The number of methoxy groups -OCH3 is 1. The lowest BCUT2D eigenvalue weighted by molar-refractivity contribution is -0.137. The van der Waals surface area contributed by atoms with Crippen LogP contribution in [-0.4, -0.2) is 29.0 Å². The molecular formula is C19H19FN2O4S. The fourth-order valence-electron chi connectivity index (χ4n) is 2.94. The standard InChI is InChI=1S/C19H19FN2O4S/c1-11(23)12-6-7-16(26-2)13(8-12)10-27-19(9-17(24)25)21-15-5-3-4-14(20)18(15)22-19/h3-8,21-22H,9-10H2,1-2H3,(H,24,25). The molecule has 1 heterocycles. The molecule has 1 aliphatic rings. The summed E-state index contributed by atoms with van der Waals surface area (Å²) in [7, 11) is 1.53. The van der Waals surface area contributed by atoms with E-state index in [1.807, 2.05) is 0 Å². The lowest BCUT2D eigenvalue weighted by Crippen LogP contribution is -2.40. The van der Waals surface area contributed by atoms with E-state index in [-0.39, 0.29) is 17.9 Å². The number of rotatable bonds is 7. The Hall–Kier alpha value is -2.74. The summed E-state index contributed by atoms with van der Waals surface area (Å²) in [6, 6.07) is 9.68. The van der Waals surface area contributed by atoms with Crippen LogP contribution in [0.1, 0.15) is 29.3 Å². The second-order valence-corrected chi connectivity index (χ2v) is 7.46. The van der Waals surface area contributed by atoms with Crippen molar-refractivity contribution in [3.8, 4) is 5.75 Å². The number of anilines is 2. The number of nitrogens with one attached hydrogen (secondary N) is 2. The Balaban J connectivity index is 1.88. The van der Waals surface area contributed by atoms with Crippen molar-refractivity contribution in [2.45, 2.75) is 24.1 Å². The van der Waals surface area contributed by atoms with E-state index >= 15 is 0 Å². The molecule has 0 aliphatic carbocycles. The molecule has 2 aromatic carbocycles. The molecule has 3 rings (SSSR count). The van der Waals surface area contributed by atoms with Crippen LogP contribution in [0.4, 0.5) is 15.8 Å². The predicted molar refractivity (Wildman–Crippen MR) is 103 cm³/mol. The third kappa shape index (κ3) is 4.00. The van der Waals surface area contributed by atoms with Crippen molar-refractivity contribution in [1.82, 2.24) is 0 Å². The zero-order valence-corrected chi connectivity index (χ0v) is 15.7. The number of hydrogen-bond acceptors (Lipinski definition) is 6. The normalized spacial score (nSPS) is 17.6. The predicted octanol–water partition coefficient (Wildman–Crippen LogP) is 3.94. The van der Waals surface area contributed by atoms with E-state index < -0.39 is 16.8 Å². The van der Waals surface area contributed by atoms with Crippen LogP contribution >= 0.6 is 11.8 Å². The number of benzene rings is 2. The van der Waals surface area contributed by atoms with Crippen molar-refractivity contribution in [3.05, 3.63) is 53.3 Å². The number of carbonyl (C=O) groups is 2. The van der Waals surface area contributed by atoms with E-state index in [4.69, 9.17) is 4.74 Å². The van der Waals surface area contributed by atoms with Gasteiger partial charge in [-0.3, -0.25) is 9.59 Å². The summed E-state index contributed by atoms with van der Waals surface area (Å²) in [4.78, 5) is 22.0. The van der Waals surface area contributed by atoms with Gasteiger partial charge in [0.05, 0.1) is 24.9 Å². The van der Waals surface area contributed by atoms with Gasteiger partial charge in [-0.15, -0.1) is 11.8 Å². The quantitative estimate of drug-likeness (QED) is 0.617. The Bertz CT molecular complexity index is 905. The highest BCUT2D eigenvalue weighted by Gasteiger charge is 2.40. The molecular weight excluding hydrogens is 371 g/mol. The summed E-state index contributed by atoms with van der Waals surface area (Å²) in [6.07, 6.45) is -0.277. The van der Waals surface area contributed by atoms with Crippen LogP contribution in [0.2, 0.25) is 0 Å². The number of hydrogen-bond donors (Lipinski definition) is 3. The molecule has 0 fully saturated rings. The number of carboxylic acids is 1. The molecule has 0 radical (unpaired) electrons. The lowest BCUT2D eigenvalue weighted by Gasteiger charge is -2.29. The summed E-state index contributed by atoms with van der Waals surface area (Å²) >= 11 is 1.27. The summed E-state index contributed by atoms with van der Waals surface area (Å²) in [5.41, 5.74) is 2.05. The number of aliphatic carboxylic acids is 1. The Labute approximate surface area is 160 Å². The maximum Gasteiger partial charge on any atom is 0.308 e. The van der Waals surface area contributed by atoms with E-state index in [1.165, 1.54) is 31.9 Å². The monoisotopic (exact) mass is 390 g/mol. The van der Waals surface area contributed by atoms with Crippen molar-refractivity contribution in [3.63, 3.8) is 0 Å². The van der Waals surface area contributed by atoms with Gasteiger partial charge in [0.25, 0.3) is 0 Å². The molecule has 0 saturated heterocycles. The molecule has 142 valence electrons. The average Bonchev–Trinajstić information content (AvgIpc) is 2.99. The summed E-state index contributed by atoms with van der Waals surface area (Å²) < 4.78 is 19.4. The first-order valence-electron chi connectivity index (χ1n) is 8.22. The van der Waals surface area contributed by atoms with Gasteiger partial charge in [-0.25, -0.2) is 4.39 Å².